The summed E-state index contributed by atoms with van der Waals surface area (Å²) in [5, 5.41) is 1.03. The molecule has 0 amide bonds. The number of nitrogens with zero attached hydrogens (tertiary/aromatic N) is 2. The minimum atomic E-state index is -3.24. The Kier molecular flexibility index (Phi) is 3.34. The third-order valence-electron chi connectivity index (χ3n) is 2.86. The Morgan fingerprint density at radius 1 is 1.50 bits per heavy atom. The van der Waals surface area contributed by atoms with E-state index in [-0.39, 0.29) is 6.04 Å². The first kappa shape index (κ1) is 11.7. The van der Waals surface area contributed by atoms with Crippen LogP contribution in [0.4, 0.5) is 0 Å². The van der Waals surface area contributed by atoms with Gasteiger partial charge in [-0.15, -0.1) is 0 Å². The third-order valence-corrected chi connectivity index (χ3v) is 4.45. The second-order valence-electron chi connectivity index (χ2n) is 3.88. The van der Waals surface area contributed by atoms with Crippen molar-refractivity contribution in [2.45, 2.75) is 25.4 Å². The summed E-state index contributed by atoms with van der Waals surface area (Å²) in [7, 11) is 0.712. The van der Waals surface area contributed by atoms with Crippen LogP contribution in [0.5, 0.6) is 0 Å². The number of sulfonamides is 1. The molecule has 14 heavy (non-hydrogen) atoms. The van der Waals surface area contributed by atoms with E-state index in [1.807, 2.05) is 21.0 Å². The molecule has 0 saturated carbocycles. The molecule has 1 fully saturated rings. The van der Waals surface area contributed by atoms with Gasteiger partial charge < -0.3 is 4.90 Å². The fourth-order valence-corrected chi connectivity index (χ4v) is 3.20. The highest BCUT2D eigenvalue weighted by Gasteiger charge is 2.37. The van der Waals surface area contributed by atoms with Crippen molar-refractivity contribution in [2.75, 3.05) is 20.6 Å². The average molecular weight is 218 g/mol. The monoisotopic (exact) mass is 218 g/mol. The Morgan fingerprint density at radius 3 is 2.43 bits per heavy atom. The second-order valence-corrected chi connectivity index (χ2v) is 5.71. The van der Waals surface area contributed by atoms with Crippen LogP contribution in [0.3, 0.4) is 0 Å². The number of rotatable bonds is 3. The molecular weight excluding hydrogens is 200 g/mol. The van der Waals surface area contributed by atoms with Gasteiger partial charge in [0.2, 0.25) is 10.0 Å². The summed E-state index contributed by atoms with van der Waals surface area (Å²) >= 11 is 0. The molecule has 2 unspecified atom stereocenters. The summed E-state index contributed by atoms with van der Waals surface area (Å²) in [6.45, 7) is 5.88. The molecule has 0 aromatic heterocycles. The van der Waals surface area contributed by atoms with Gasteiger partial charge in [-0.05, 0) is 27.4 Å². The van der Waals surface area contributed by atoms with Crippen LogP contribution in [0.2, 0.25) is 0 Å². The van der Waals surface area contributed by atoms with E-state index < -0.39 is 10.0 Å². The molecule has 0 aromatic carbocycles. The second kappa shape index (κ2) is 4.00. The normalized spacial score (nSPS) is 29.7. The Balaban J connectivity index is 2.84. The van der Waals surface area contributed by atoms with E-state index >= 15 is 0 Å². The summed E-state index contributed by atoms with van der Waals surface area (Å²) in [5.41, 5.74) is 0. The Morgan fingerprint density at radius 2 is 2.07 bits per heavy atom. The molecule has 1 aliphatic heterocycles. The van der Waals surface area contributed by atoms with Crippen LogP contribution in [0.1, 0.15) is 13.3 Å². The van der Waals surface area contributed by atoms with Crippen molar-refractivity contribution in [3.8, 4) is 0 Å². The minimum Gasteiger partial charge on any atom is -0.305 e. The molecule has 0 aliphatic carbocycles. The predicted octanol–water partition coefficient (Wildman–Crippen LogP) is 0.484. The van der Waals surface area contributed by atoms with Crippen molar-refractivity contribution in [1.29, 1.82) is 0 Å². The molecule has 1 rings (SSSR count). The highest BCUT2D eigenvalue weighted by molar-refractivity contribution is 7.92. The van der Waals surface area contributed by atoms with Crippen molar-refractivity contribution in [3.05, 3.63) is 12.0 Å². The smallest absolute Gasteiger partial charge is 0.235 e. The lowest BCUT2D eigenvalue weighted by atomic mass is 10.1. The maximum absolute atomic E-state index is 11.6. The predicted molar refractivity (Wildman–Crippen MR) is 57.4 cm³/mol. The van der Waals surface area contributed by atoms with Crippen LogP contribution >= 0.6 is 0 Å². The molecule has 2 atom stereocenters. The van der Waals surface area contributed by atoms with Gasteiger partial charge in [-0.3, -0.25) is 0 Å². The molecule has 0 aromatic rings. The Hall–Kier alpha value is -0.390. The maximum Gasteiger partial charge on any atom is 0.235 e. The van der Waals surface area contributed by atoms with Gasteiger partial charge in [0.1, 0.15) is 0 Å². The zero-order chi connectivity index (χ0) is 10.9. The zero-order valence-electron chi connectivity index (χ0n) is 8.97. The van der Waals surface area contributed by atoms with Crippen LogP contribution in [0, 0.1) is 0 Å². The lowest BCUT2D eigenvalue weighted by Gasteiger charge is -2.26. The molecule has 0 N–H and O–H groups in total. The van der Waals surface area contributed by atoms with E-state index in [4.69, 9.17) is 0 Å². The molecular formula is C9H18N2O2S. The van der Waals surface area contributed by atoms with Crippen molar-refractivity contribution in [2.24, 2.45) is 0 Å². The first-order valence-corrected chi connectivity index (χ1v) is 6.21. The van der Waals surface area contributed by atoms with E-state index in [1.54, 1.807) is 0 Å². The van der Waals surface area contributed by atoms with Gasteiger partial charge >= 0.3 is 0 Å². The molecule has 82 valence electrons. The van der Waals surface area contributed by atoms with Crippen LogP contribution < -0.4 is 0 Å². The fraction of sp³-hybridized carbons (Fsp3) is 0.778. The molecule has 5 heteroatoms. The topological polar surface area (TPSA) is 40.6 Å². The fourth-order valence-electron chi connectivity index (χ4n) is 2.04. The van der Waals surface area contributed by atoms with Gasteiger partial charge in [0.15, 0.2) is 0 Å². The quantitative estimate of drug-likeness (QED) is 0.692. The average Bonchev–Trinajstić information content (AvgIpc) is 2.47. The van der Waals surface area contributed by atoms with Crippen molar-refractivity contribution in [1.82, 2.24) is 9.21 Å². The van der Waals surface area contributed by atoms with E-state index in [1.165, 1.54) is 4.31 Å². The largest absolute Gasteiger partial charge is 0.305 e. The SMILES string of the molecule is C=CS(=O)(=O)N1CCC(N(C)C)C1C. The summed E-state index contributed by atoms with van der Waals surface area (Å²) in [5.74, 6) is 0. The van der Waals surface area contributed by atoms with Crippen LogP contribution in [-0.4, -0.2) is 50.3 Å². The van der Waals surface area contributed by atoms with Crippen LogP contribution in [-0.2, 0) is 10.0 Å². The molecule has 1 aliphatic rings. The molecule has 0 bridgehead atoms. The van der Waals surface area contributed by atoms with Crippen molar-refractivity contribution < 1.29 is 8.42 Å². The maximum atomic E-state index is 11.6. The van der Waals surface area contributed by atoms with E-state index in [0.717, 1.165) is 11.8 Å². The number of likely N-dealkylation sites (N-methyl/N-ethyl adjacent to an activating group) is 1. The zero-order valence-corrected chi connectivity index (χ0v) is 9.79. The van der Waals surface area contributed by atoms with Gasteiger partial charge in [0.25, 0.3) is 0 Å². The minimum absolute atomic E-state index is 0.0352. The van der Waals surface area contributed by atoms with E-state index in [9.17, 15) is 8.42 Å². The van der Waals surface area contributed by atoms with Crippen molar-refractivity contribution in [3.63, 3.8) is 0 Å². The van der Waals surface area contributed by atoms with Gasteiger partial charge in [0, 0.05) is 24.0 Å². The standard InChI is InChI=1S/C9H18N2O2S/c1-5-14(12,13)11-7-6-9(8(11)2)10(3)4/h5,8-9H,1,6-7H2,2-4H3. The molecule has 1 heterocycles. The van der Waals surface area contributed by atoms with Crippen LogP contribution in [0.25, 0.3) is 0 Å². The van der Waals surface area contributed by atoms with E-state index in [0.29, 0.717) is 12.6 Å². The first-order valence-electron chi connectivity index (χ1n) is 4.71. The van der Waals surface area contributed by atoms with Gasteiger partial charge in [0.05, 0.1) is 0 Å². The van der Waals surface area contributed by atoms with E-state index in [2.05, 4.69) is 11.5 Å². The summed E-state index contributed by atoms with van der Waals surface area (Å²) < 4.78 is 24.7. The Labute approximate surface area is 86.2 Å². The van der Waals surface area contributed by atoms with Gasteiger partial charge in [-0.25, -0.2) is 8.42 Å². The van der Waals surface area contributed by atoms with Crippen molar-refractivity contribution >= 4 is 10.0 Å². The summed E-state index contributed by atoms with van der Waals surface area (Å²) in [6, 6.07) is 0.345. The first-order chi connectivity index (χ1) is 6.40. The molecule has 1 saturated heterocycles. The molecule has 0 spiro atoms. The van der Waals surface area contributed by atoms with Crippen LogP contribution in [0.15, 0.2) is 12.0 Å². The van der Waals surface area contributed by atoms with Gasteiger partial charge in [-0.2, -0.15) is 4.31 Å². The number of hydrogen-bond donors (Lipinski definition) is 0. The third kappa shape index (κ3) is 1.99. The summed E-state index contributed by atoms with van der Waals surface area (Å²) in [4.78, 5) is 2.07. The van der Waals surface area contributed by atoms with Gasteiger partial charge in [-0.1, -0.05) is 6.58 Å². The molecule has 0 radical (unpaired) electrons. The molecule has 4 nitrogen and oxygen atoms in total. The lowest BCUT2D eigenvalue weighted by molar-refractivity contribution is 0.251. The number of hydrogen-bond acceptors (Lipinski definition) is 3. The highest BCUT2D eigenvalue weighted by Crippen LogP contribution is 2.24. The lowest BCUT2D eigenvalue weighted by Crippen LogP contribution is -2.41. The summed E-state index contributed by atoms with van der Waals surface area (Å²) in [6.07, 6.45) is 0.890. The highest BCUT2D eigenvalue weighted by atomic mass is 32.2. The Bertz CT molecular complexity index is 311.